The molecule has 2 rings (SSSR count). The summed E-state index contributed by atoms with van der Waals surface area (Å²) in [7, 11) is 1.67. The summed E-state index contributed by atoms with van der Waals surface area (Å²) < 4.78 is 5.20. The number of methoxy groups -OCH3 is 1. The summed E-state index contributed by atoms with van der Waals surface area (Å²) in [4.78, 5) is 11.4. The van der Waals surface area contributed by atoms with E-state index >= 15 is 0 Å². The average Bonchev–Trinajstić information content (AvgIpc) is 2.51. The van der Waals surface area contributed by atoms with Crippen LogP contribution in [0.2, 0.25) is 0 Å². The van der Waals surface area contributed by atoms with E-state index in [1.54, 1.807) is 7.11 Å². The van der Waals surface area contributed by atoms with E-state index in [1.165, 1.54) is 16.7 Å². The first kappa shape index (κ1) is 16.6. The maximum absolute atomic E-state index is 11.4. The Morgan fingerprint density at radius 1 is 1.32 bits per heavy atom. The summed E-state index contributed by atoms with van der Waals surface area (Å²) in [6, 6.07) is 8.18. The highest BCUT2D eigenvalue weighted by Gasteiger charge is 2.32. The number of hydrogen-bond donors (Lipinski definition) is 1. The molecule has 0 fully saturated rings. The number of benzene rings is 1. The van der Waals surface area contributed by atoms with Crippen LogP contribution in [0.4, 0.5) is 0 Å². The molecule has 2 atom stereocenters. The van der Waals surface area contributed by atoms with Crippen molar-refractivity contribution in [1.29, 1.82) is 0 Å². The van der Waals surface area contributed by atoms with Crippen LogP contribution in [0.1, 0.15) is 45.1 Å². The van der Waals surface area contributed by atoms with Crippen LogP contribution in [0, 0.1) is 11.8 Å². The molecular formula is C19H26O3. The molecule has 1 aromatic carbocycles. The Bertz CT molecular complexity index is 542. The summed E-state index contributed by atoms with van der Waals surface area (Å²) in [6.07, 6.45) is 4.67. The maximum atomic E-state index is 11.4. The second-order valence-electron chi connectivity index (χ2n) is 6.18. The van der Waals surface area contributed by atoms with Crippen LogP contribution in [0.25, 0.3) is 0 Å². The number of carboxylic acid groups (broad SMARTS) is 1. The lowest BCUT2D eigenvalue weighted by Crippen LogP contribution is -2.28. The fraction of sp³-hybridized carbons (Fsp3) is 0.526. The van der Waals surface area contributed by atoms with Gasteiger partial charge in [-0.1, -0.05) is 43.5 Å². The topological polar surface area (TPSA) is 46.5 Å². The third-order valence-corrected chi connectivity index (χ3v) is 4.78. The van der Waals surface area contributed by atoms with Crippen molar-refractivity contribution in [3.63, 3.8) is 0 Å². The van der Waals surface area contributed by atoms with Gasteiger partial charge in [0.2, 0.25) is 0 Å². The Hall–Kier alpha value is -1.77. The summed E-state index contributed by atoms with van der Waals surface area (Å²) in [5, 5.41) is 9.39. The fourth-order valence-electron chi connectivity index (χ4n) is 3.51. The van der Waals surface area contributed by atoms with E-state index in [0.717, 1.165) is 37.9 Å². The van der Waals surface area contributed by atoms with Gasteiger partial charge in [0.1, 0.15) is 5.75 Å². The van der Waals surface area contributed by atoms with Gasteiger partial charge in [0.15, 0.2) is 0 Å². The third-order valence-electron chi connectivity index (χ3n) is 4.78. The molecule has 1 aliphatic rings. The SMILES string of the molecule is CCCC1=C(Cc2ccc(OC)cc2)CCC(C(=O)O)C1C. The first-order valence-electron chi connectivity index (χ1n) is 8.13. The minimum Gasteiger partial charge on any atom is -0.497 e. The molecule has 0 amide bonds. The van der Waals surface area contributed by atoms with Crippen molar-refractivity contribution in [3.8, 4) is 5.75 Å². The molecule has 3 nitrogen and oxygen atoms in total. The zero-order chi connectivity index (χ0) is 16.1. The zero-order valence-electron chi connectivity index (χ0n) is 13.8. The second-order valence-corrected chi connectivity index (χ2v) is 6.18. The Morgan fingerprint density at radius 3 is 2.55 bits per heavy atom. The number of hydrogen-bond acceptors (Lipinski definition) is 2. The number of allylic oxidation sites excluding steroid dienone is 2. The predicted molar refractivity (Wildman–Crippen MR) is 88.2 cm³/mol. The number of rotatable bonds is 6. The Balaban J connectivity index is 2.22. The summed E-state index contributed by atoms with van der Waals surface area (Å²) in [5.41, 5.74) is 4.08. The van der Waals surface area contributed by atoms with Crippen LogP contribution in [-0.2, 0) is 11.2 Å². The van der Waals surface area contributed by atoms with E-state index in [9.17, 15) is 9.90 Å². The smallest absolute Gasteiger partial charge is 0.307 e. The highest BCUT2D eigenvalue weighted by Crippen LogP contribution is 2.38. The van der Waals surface area contributed by atoms with Crippen molar-refractivity contribution < 1.29 is 14.6 Å². The number of aliphatic carboxylic acids is 1. The Labute approximate surface area is 133 Å². The maximum Gasteiger partial charge on any atom is 0.307 e. The van der Waals surface area contributed by atoms with Gasteiger partial charge in [0, 0.05) is 0 Å². The standard InChI is InChI=1S/C19H26O3/c1-4-5-17-13(2)18(19(20)21)11-8-15(17)12-14-6-9-16(22-3)10-7-14/h6-7,9-10,13,18H,4-5,8,11-12H2,1-3H3,(H,20,21). The lowest BCUT2D eigenvalue weighted by Gasteiger charge is -2.31. The molecule has 1 N–H and O–H groups in total. The molecular weight excluding hydrogens is 276 g/mol. The molecule has 0 bridgehead atoms. The molecule has 0 saturated carbocycles. The first-order chi connectivity index (χ1) is 10.6. The minimum absolute atomic E-state index is 0.152. The van der Waals surface area contributed by atoms with Crippen molar-refractivity contribution in [2.45, 2.75) is 46.0 Å². The van der Waals surface area contributed by atoms with Gasteiger partial charge in [-0.2, -0.15) is 0 Å². The molecule has 1 aromatic rings. The van der Waals surface area contributed by atoms with Crippen LogP contribution >= 0.6 is 0 Å². The van der Waals surface area contributed by atoms with Gasteiger partial charge in [0.05, 0.1) is 13.0 Å². The van der Waals surface area contributed by atoms with Gasteiger partial charge >= 0.3 is 5.97 Å². The molecule has 0 spiro atoms. The number of ether oxygens (including phenoxy) is 1. The highest BCUT2D eigenvalue weighted by molar-refractivity contribution is 5.71. The van der Waals surface area contributed by atoms with Gasteiger partial charge in [-0.15, -0.1) is 0 Å². The Morgan fingerprint density at radius 2 is 2.00 bits per heavy atom. The van der Waals surface area contributed by atoms with Crippen LogP contribution in [0.5, 0.6) is 5.75 Å². The van der Waals surface area contributed by atoms with Gasteiger partial charge in [-0.25, -0.2) is 0 Å². The van der Waals surface area contributed by atoms with E-state index < -0.39 is 5.97 Å². The number of carboxylic acids is 1. The van der Waals surface area contributed by atoms with Crippen LogP contribution in [0.15, 0.2) is 35.4 Å². The molecule has 0 aromatic heterocycles. The molecule has 0 aliphatic heterocycles. The fourth-order valence-corrected chi connectivity index (χ4v) is 3.51. The number of carbonyl (C=O) groups is 1. The molecule has 1 aliphatic carbocycles. The summed E-state index contributed by atoms with van der Waals surface area (Å²) in [6.45, 7) is 4.24. The van der Waals surface area contributed by atoms with E-state index in [-0.39, 0.29) is 11.8 Å². The summed E-state index contributed by atoms with van der Waals surface area (Å²) >= 11 is 0. The molecule has 0 heterocycles. The van der Waals surface area contributed by atoms with E-state index in [4.69, 9.17) is 4.74 Å². The quantitative estimate of drug-likeness (QED) is 0.789. The van der Waals surface area contributed by atoms with Gasteiger partial charge in [-0.3, -0.25) is 4.79 Å². The van der Waals surface area contributed by atoms with Crippen molar-refractivity contribution in [3.05, 3.63) is 41.0 Å². The van der Waals surface area contributed by atoms with Crippen molar-refractivity contribution in [2.24, 2.45) is 11.8 Å². The largest absolute Gasteiger partial charge is 0.497 e. The molecule has 120 valence electrons. The van der Waals surface area contributed by atoms with Gasteiger partial charge in [-0.05, 0) is 49.3 Å². The molecule has 2 unspecified atom stereocenters. The summed E-state index contributed by atoms with van der Waals surface area (Å²) in [5.74, 6) is 0.152. The van der Waals surface area contributed by atoms with E-state index in [2.05, 4.69) is 26.0 Å². The van der Waals surface area contributed by atoms with E-state index in [0.29, 0.717) is 0 Å². The van der Waals surface area contributed by atoms with Gasteiger partial charge < -0.3 is 9.84 Å². The van der Waals surface area contributed by atoms with Crippen molar-refractivity contribution >= 4 is 5.97 Å². The molecule has 0 saturated heterocycles. The van der Waals surface area contributed by atoms with Crippen molar-refractivity contribution in [1.82, 2.24) is 0 Å². The molecule has 0 radical (unpaired) electrons. The van der Waals surface area contributed by atoms with Crippen LogP contribution in [-0.4, -0.2) is 18.2 Å². The minimum atomic E-state index is -0.649. The lowest BCUT2D eigenvalue weighted by molar-refractivity contribution is -0.143. The van der Waals surface area contributed by atoms with E-state index in [1.807, 2.05) is 12.1 Å². The van der Waals surface area contributed by atoms with Crippen LogP contribution in [0.3, 0.4) is 0 Å². The third kappa shape index (κ3) is 3.70. The lowest BCUT2D eigenvalue weighted by atomic mass is 9.73. The second kappa shape index (κ2) is 7.48. The highest BCUT2D eigenvalue weighted by atomic mass is 16.5. The predicted octanol–water partition coefficient (Wildman–Crippen LogP) is 4.47. The normalized spacial score (nSPS) is 21.8. The monoisotopic (exact) mass is 302 g/mol. The van der Waals surface area contributed by atoms with Gasteiger partial charge in [0.25, 0.3) is 0 Å². The van der Waals surface area contributed by atoms with Crippen molar-refractivity contribution in [2.75, 3.05) is 7.11 Å². The Kier molecular flexibility index (Phi) is 5.64. The average molecular weight is 302 g/mol. The first-order valence-corrected chi connectivity index (χ1v) is 8.13. The molecule has 22 heavy (non-hydrogen) atoms. The zero-order valence-corrected chi connectivity index (χ0v) is 13.8. The molecule has 3 heteroatoms. The van der Waals surface area contributed by atoms with Crippen LogP contribution < -0.4 is 4.74 Å².